The number of rotatable bonds is 4. The molecule has 2 aromatic heterocycles. The molecule has 1 aromatic carbocycles. The van der Waals surface area contributed by atoms with Gasteiger partial charge in [0.15, 0.2) is 5.82 Å². The second-order valence-corrected chi connectivity index (χ2v) is 6.87. The van der Waals surface area contributed by atoms with Gasteiger partial charge in [-0.25, -0.2) is 24.3 Å². The molecule has 1 atom stereocenters. The summed E-state index contributed by atoms with van der Waals surface area (Å²) < 4.78 is 13.4. The monoisotopic (exact) mass is 387 g/mol. The lowest BCUT2D eigenvalue weighted by Gasteiger charge is -2.35. The summed E-state index contributed by atoms with van der Waals surface area (Å²) in [4.78, 5) is 19.8. The number of halogens is 2. The van der Waals surface area contributed by atoms with E-state index >= 15 is 0 Å². The van der Waals surface area contributed by atoms with Crippen LogP contribution in [0.2, 0.25) is 5.02 Å². The zero-order valence-corrected chi connectivity index (χ0v) is 15.3. The average Bonchev–Trinajstić information content (AvgIpc) is 2.70. The highest BCUT2D eigenvalue weighted by atomic mass is 35.5. The molecule has 1 unspecified atom stereocenters. The maximum absolute atomic E-state index is 13.4. The molecule has 9 heteroatoms. The normalized spacial score (nSPS) is 17.3. The van der Waals surface area contributed by atoms with Crippen molar-refractivity contribution in [2.24, 2.45) is 5.73 Å². The number of fused-ring (bicyclic) bond motifs is 1. The Morgan fingerprint density at radius 1 is 1.26 bits per heavy atom. The molecule has 140 valence electrons. The van der Waals surface area contributed by atoms with Crippen LogP contribution >= 0.6 is 11.6 Å². The third-order valence-corrected chi connectivity index (χ3v) is 4.99. The van der Waals surface area contributed by atoms with Gasteiger partial charge in [-0.3, -0.25) is 0 Å². The van der Waals surface area contributed by atoms with E-state index in [1.54, 1.807) is 12.3 Å². The van der Waals surface area contributed by atoms with E-state index in [1.165, 1.54) is 18.5 Å². The Kier molecular flexibility index (Phi) is 5.00. The summed E-state index contributed by atoms with van der Waals surface area (Å²) in [7, 11) is 0. The Morgan fingerprint density at radius 3 is 2.96 bits per heavy atom. The number of hydrogen-bond donors (Lipinski definition) is 2. The van der Waals surface area contributed by atoms with Gasteiger partial charge < -0.3 is 16.0 Å². The number of nitrogens with two attached hydrogens (primary N) is 1. The highest BCUT2D eigenvalue weighted by Crippen LogP contribution is 2.27. The third kappa shape index (κ3) is 3.63. The van der Waals surface area contributed by atoms with Crippen molar-refractivity contribution in [3.8, 4) is 0 Å². The summed E-state index contributed by atoms with van der Waals surface area (Å²) in [5.74, 6) is 0.651. The topological polar surface area (TPSA) is 92.9 Å². The molecule has 0 radical (unpaired) electrons. The van der Waals surface area contributed by atoms with Gasteiger partial charge >= 0.3 is 0 Å². The summed E-state index contributed by atoms with van der Waals surface area (Å²) in [5.41, 5.74) is 7.74. The SMILES string of the molecule is NCC1CCCCN1c1ncc2ncnc(Nc3ccc(F)c(Cl)c3)c2n1. The minimum absolute atomic E-state index is 0.0350. The molecule has 0 saturated carbocycles. The molecular weight excluding hydrogens is 369 g/mol. The van der Waals surface area contributed by atoms with Crippen LogP contribution < -0.4 is 16.0 Å². The van der Waals surface area contributed by atoms with E-state index in [1.807, 2.05) is 0 Å². The number of nitrogens with one attached hydrogen (secondary N) is 1. The van der Waals surface area contributed by atoms with Gasteiger partial charge in [0.25, 0.3) is 0 Å². The quantitative estimate of drug-likeness (QED) is 0.709. The van der Waals surface area contributed by atoms with Crippen LogP contribution in [0.25, 0.3) is 11.0 Å². The largest absolute Gasteiger partial charge is 0.338 e. The van der Waals surface area contributed by atoms with Crippen LogP contribution in [0.3, 0.4) is 0 Å². The van der Waals surface area contributed by atoms with E-state index < -0.39 is 5.82 Å². The molecule has 1 fully saturated rings. The first kappa shape index (κ1) is 17.8. The fourth-order valence-corrected chi connectivity index (χ4v) is 3.47. The molecule has 3 heterocycles. The second kappa shape index (κ2) is 7.58. The van der Waals surface area contributed by atoms with E-state index in [-0.39, 0.29) is 11.1 Å². The van der Waals surface area contributed by atoms with Gasteiger partial charge in [0.1, 0.15) is 23.2 Å². The Labute approximate surface area is 160 Å². The van der Waals surface area contributed by atoms with Crippen LogP contribution in [0.5, 0.6) is 0 Å². The lowest BCUT2D eigenvalue weighted by atomic mass is 10.0. The van der Waals surface area contributed by atoms with E-state index in [9.17, 15) is 4.39 Å². The third-order valence-electron chi connectivity index (χ3n) is 4.70. The summed E-state index contributed by atoms with van der Waals surface area (Å²) in [6.07, 6.45) is 6.39. The minimum atomic E-state index is -0.475. The molecule has 0 amide bonds. The van der Waals surface area contributed by atoms with Gasteiger partial charge in [-0.15, -0.1) is 0 Å². The zero-order valence-electron chi connectivity index (χ0n) is 14.6. The van der Waals surface area contributed by atoms with Crippen LogP contribution in [-0.2, 0) is 0 Å². The fourth-order valence-electron chi connectivity index (χ4n) is 3.29. The number of aromatic nitrogens is 4. The van der Waals surface area contributed by atoms with E-state index in [2.05, 4.69) is 25.2 Å². The fraction of sp³-hybridized carbons (Fsp3) is 0.333. The highest BCUT2D eigenvalue weighted by Gasteiger charge is 2.24. The van der Waals surface area contributed by atoms with Crippen molar-refractivity contribution in [3.05, 3.63) is 41.6 Å². The van der Waals surface area contributed by atoms with E-state index in [4.69, 9.17) is 22.3 Å². The van der Waals surface area contributed by atoms with Crippen molar-refractivity contribution < 1.29 is 4.39 Å². The van der Waals surface area contributed by atoms with Crippen LogP contribution in [0, 0.1) is 5.82 Å². The molecule has 0 bridgehead atoms. The van der Waals surface area contributed by atoms with Crippen molar-refractivity contribution in [1.82, 2.24) is 19.9 Å². The van der Waals surface area contributed by atoms with Crippen molar-refractivity contribution in [2.45, 2.75) is 25.3 Å². The van der Waals surface area contributed by atoms with Gasteiger partial charge in [0.2, 0.25) is 5.95 Å². The van der Waals surface area contributed by atoms with Crippen LogP contribution in [-0.4, -0.2) is 39.1 Å². The van der Waals surface area contributed by atoms with E-state index in [0.717, 1.165) is 25.8 Å². The Hall–Kier alpha value is -2.58. The summed E-state index contributed by atoms with van der Waals surface area (Å²) in [6.45, 7) is 1.43. The Bertz CT molecular complexity index is 968. The first-order valence-corrected chi connectivity index (χ1v) is 9.20. The number of piperidine rings is 1. The first-order chi connectivity index (χ1) is 13.2. The predicted molar refractivity (Wildman–Crippen MR) is 104 cm³/mol. The molecule has 3 aromatic rings. The summed E-state index contributed by atoms with van der Waals surface area (Å²) >= 11 is 5.87. The zero-order chi connectivity index (χ0) is 18.8. The molecule has 0 spiro atoms. The molecule has 0 aliphatic carbocycles. The molecule has 1 aliphatic heterocycles. The molecule has 1 aliphatic rings. The molecule has 27 heavy (non-hydrogen) atoms. The molecular formula is C18H19ClFN7. The molecule has 4 rings (SSSR count). The van der Waals surface area contributed by atoms with Crippen molar-refractivity contribution in [2.75, 3.05) is 23.3 Å². The lowest BCUT2D eigenvalue weighted by Crippen LogP contribution is -2.45. The standard InChI is InChI=1S/C18H19ClFN7/c19-13-7-11(4-5-14(13)20)25-17-16-15(23-10-24-17)9-22-18(26-16)27-6-2-1-3-12(27)8-21/h4-5,7,9-10,12H,1-3,6,8,21H2,(H,23,24,25). The first-order valence-electron chi connectivity index (χ1n) is 8.82. The number of benzene rings is 1. The van der Waals surface area contributed by atoms with E-state index in [0.29, 0.717) is 35.0 Å². The minimum Gasteiger partial charge on any atom is -0.338 e. The summed E-state index contributed by atoms with van der Waals surface area (Å²) in [5, 5.41) is 3.17. The van der Waals surface area contributed by atoms with Gasteiger partial charge in [-0.2, -0.15) is 0 Å². The van der Waals surface area contributed by atoms with Crippen molar-refractivity contribution in [1.29, 1.82) is 0 Å². The maximum Gasteiger partial charge on any atom is 0.226 e. The van der Waals surface area contributed by atoms with Crippen molar-refractivity contribution in [3.63, 3.8) is 0 Å². The van der Waals surface area contributed by atoms with Gasteiger partial charge in [-0.05, 0) is 37.5 Å². The second-order valence-electron chi connectivity index (χ2n) is 6.46. The van der Waals surface area contributed by atoms with Crippen LogP contribution in [0.1, 0.15) is 19.3 Å². The lowest BCUT2D eigenvalue weighted by molar-refractivity contribution is 0.458. The van der Waals surface area contributed by atoms with Gasteiger partial charge in [-0.1, -0.05) is 11.6 Å². The Morgan fingerprint density at radius 2 is 2.15 bits per heavy atom. The maximum atomic E-state index is 13.4. The summed E-state index contributed by atoms with van der Waals surface area (Å²) in [6, 6.07) is 4.62. The average molecular weight is 388 g/mol. The van der Waals surface area contributed by atoms with Crippen molar-refractivity contribution >= 4 is 40.1 Å². The van der Waals surface area contributed by atoms with Gasteiger partial charge in [0, 0.05) is 24.8 Å². The number of anilines is 3. The Balaban J connectivity index is 1.71. The van der Waals surface area contributed by atoms with Gasteiger partial charge in [0.05, 0.1) is 11.2 Å². The predicted octanol–water partition coefficient (Wildman–Crippen LogP) is 3.27. The molecule has 7 nitrogen and oxygen atoms in total. The smallest absolute Gasteiger partial charge is 0.226 e. The van der Waals surface area contributed by atoms with Crippen LogP contribution in [0.15, 0.2) is 30.7 Å². The molecule has 3 N–H and O–H groups in total. The number of hydrogen-bond acceptors (Lipinski definition) is 7. The number of nitrogens with zero attached hydrogens (tertiary/aromatic N) is 5. The van der Waals surface area contributed by atoms with Crippen LogP contribution in [0.4, 0.5) is 21.8 Å². The highest BCUT2D eigenvalue weighted by molar-refractivity contribution is 6.31. The molecule has 1 saturated heterocycles.